The molecule has 0 atom stereocenters. The molecule has 2 aromatic heterocycles. The second kappa shape index (κ2) is 10.5. The third-order valence-electron chi connectivity index (χ3n) is 9.61. The Balaban J connectivity index is 1.02. The first kappa shape index (κ1) is 26.7. The smallest absolute Gasteiger partial charge is 0.149 e. The van der Waals surface area contributed by atoms with Crippen LogP contribution in [-0.4, -0.2) is 14.4 Å². The van der Waals surface area contributed by atoms with Crippen molar-refractivity contribution in [3.8, 4) is 22.5 Å². The van der Waals surface area contributed by atoms with Crippen LogP contribution < -0.4 is 0 Å². The number of rotatable bonds is 3. The van der Waals surface area contributed by atoms with E-state index >= 15 is 0 Å². The first-order valence-corrected chi connectivity index (χ1v) is 16.3. The summed E-state index contributed by atoms with van der Waals surface area (Å²) in [7, 11) is 0. The number of imidazole rings is 1. The molecule has 222 valence electrons. The van der Waals surface area contributed by atoms with Gasteiger partial charge in [0.25, 0.3) is 0 Å². The lowest BCUT2D eigenvalue weighted by atomic mass is 9.95. The highest BCUT2D eigenvalue weighted by atomic mass is 15.1. The molecule has 0 aliphatic heterocycles. The normalized spacial score (nSPS) is 12.8. The number of para-hydroxylation sites is 2. The second-order valence-corrected chi connectivity index (χ2v) is 12.5. The van der Waals surface area contributed by atoms with Gasteiger partial charge in [-0.1, -0.05) is 109 Å². The molecule has 1 aliphatic rings. The van der Waals surface area contributed by atoms with Crippen molar-refractivity contribution in [2.24, 2.45) is 0 Å². The maximum atomic E-state index is 5.08. The Kier molecular flexibility index (Phi) is 5.85. The average molecular weight is 610 g/mol. The van der Waals surface area contributed by atoms with Crippen LogP contribution in [0.1, 0.15) is 23.1 Å². The van der Waals surface area contributed by atoms with Crippen molar-refractivity contribution < 1.29 is 0 Å². The minimum absolute atomic E-state index is 0.766. The molecule has 0 bridgehead atoms. The fourth-order valence-corrected chi connectivity index (χ4v) is 7.16. The number of allylic oxidation sites excluding steroid dienone is 2. The van der Waals surface area contributed by atoms with E-state index < -0.39 is 0 Å². The van der Waals surface area contributed by atoms with Crippen molar-refractivity contribution in [1.29, 1.82) is 0 Å². The quantitative estimate of drug-likeness (QED) is 0.199. The molecule has 2 heterocycles. The van der Waals surface area contributed by atoms with E-state index in [1.807, 2.05) is 18.2 Å². The van der Waals surface area contributed by atoms with Gasteiger partial charge in [0.15, 0.2) is 0 Å². The van der Waals surface area contributed by atoms with E-state index in [9.17, 15) is 0 Å². The van der Waals surface area contributed by atoms with Gasteiger partial charge in [-0.3, -0.25) is 4.40 Å². The monoisotopic (exact) mass is 609 g/mol. The second-order valence-electron chi connectivity index (χ2n) is 12.5. The number of benzene rings is 6. The topological polar surface area (TPSA) is 30.2 Å². The number of fused-ring (bicyclic) bond motifs is 8. The lowest BCUT2D eigenvalue weighted by molar-refractivity contribution is 1.16. The van der Waals surface area contributed by atoms with Gasteiger partial charge in [-0.15, -0.1) is 0 Å². The maximum Gasteiger partial charge on any atom is 0.149 e. The number of nitrogens with zero attached hydrogens (tertiary/aromatic N) is 3. The molecule has 3 heteroatoms. The van der Waals surface area contributed by atoms with Gasteiger partial charge in [0, 0.05) is 5.56 Å². The minimum atomic E-state index is 0.766. The van der Waals surface area contributed by atoms with Crippen molar-refractivity contribution in [1.82, 2.24) is 14.4 Å². The van der Waals surface area contributed by atoms with Gasteiger partial charge in [-0.2, -0.15) is 0 Å². The van der Waals surface area contributed by atoms with Crippen LogP contribution in [0.4, 0.5) is 0 Å². The Hall–Kier alpha value is -6.50. The maximum absolute atomic E-state index is 5.08. The zero-order valence-electron chi connectivity index (χ0n) is 26.0. The summed E-state index contributed by atoms with van der Waals surface area (Å²) in [5, 5.41) is 5.81. The first-order chi connectivity index (χ1) is 23.7. The van der Waals surface area contributed by atoms with Crippen molar-refractivity contribution in [3.05, 3.63) is 168 Å². The Morgan fingerprint density at radius 2 is 1.23 bits per heavy atom. The predicted octanol–water partition coefficient (Wildman–Crippen LogP) is 11.2. The fraction of sp³-hybridized carbons (Fsp3) is 0.0222. The van der Waals surface area contributed by atoms with E-state index in [-0.39, 0.29) is 0 Å². The van der Waals surface area contributed by atoms with Crippen LogP contribution in [0.25, 0.3) is 89.4 Å². The molecular formula is C45H27N3. The molecule has 0 unspecified atom stereocenters. The summed E-state index contributed by atoms with van der Waals surface area (Å²) in [6, 6.07) is 53.9. The van der Waals surface area contributed by atoms with Crippen molar-refractivity contribution in [2.45, 2.75) is 6.42 Å². The molecule has 7 aromatic carbocycles. The van der Waals surface area contributed by atoms with Crippen LogP contribution in [0.3, 0.4) is 0 Å². The highest BCUT2D eigenvalue weighted by Crippen LogP contribution is 2.34. The molecule has 3 nitrogen and oxygen atoms in total. The molecule has 48 heavy (non-hydrogen) atoms. The Morgan fingerprint density at radius 1 is 0.583 bits per heavy atom. The lowest BCUT2D eigenvalue weighted by Crippen LogP contribution is -1.97. The van der Waals surface area contributed by atoms with Gasteiger partial charge in [0.1, 0.15) is 17.0 Å². The van der Waals surface area contributed by atoms with Gasteiger partial charge in [0.2, 0.25) is 0 Å². The standard InChI is InChI=1S/C45H27N3/c1-2-9-30-24-31(11-7-10-29(30)8-1)32-16-17-34-26-35(19-18-33(34)25-32)36-20-21-38-28-39(23-22-37(38)27-36)44-46-41-13-4-3-12-40(41)45-47-42-14-5-6-15-43(42)48(44)45/h1-3,5-10,12,14-28H,11H2. The predicted molar refractivity (Wildman–Crippen MR) is 200 cm³/mol. The molecule has 0 fully saturated rings. The van der Waals surface area contributed by atoms with Crippen LogP contribution in [0.15, 0.2) is 140 Å². The van der Waals surface area contributed by atoms with Crippen LogP contribution in [0, 0.1) is 12.1 Å². The average Bonchev–Trinajstić information content (AvgIpc) is 3.40. The number of hydrogen-bond acceptors (Lipinski definition) is 2. The highest BCUT2D eigenvalue weighted by Gasteiger charge is 2.16. The zero-order chi connectivity index (χ0) is 31.6. The summed E-state index contributed by atoms with van der Waals surface area (Å²) >= 11 is 0. The van der Waals surface area contributed by atoms with Gasteiger partial charge in [-0.05, 0) is 116 Å². The van der Waals surface area contributed by atoms with Crippen LogP contribution in [0.2, 0.25) is 0 Å². The summed E-state index contributed by atoms with van der Waals surface area (Å²) in [5.74, 6) is 0.849. The van der Waals surface area contributed by atoms with Crippen molar-refractivity contribution in [3.63, 3.8) is 0 Å². The largest absolute Gasteiger partial charge is 0.276 e. The Labute approximate surface area is 277 Å². The summed E-state index contributed by atoms with van der Waals surface area (Å²) in [5.41, 5.74) is 12.2. The fourth-order valence-electron chi connectivity index (χ4n) is 7.16. The summed E-state index contributed by atoms with van der Waals surface area (Å²) in [4.78, 5) is 10.1. The molecular weight excluding hydrogens is 583 g/mol. The van der Waals surface area contributed by atoms with Gasteiger partial charge < -0.3 is 0 Å². The summed E-state index contributed by atoms with van der Waals surface area (Å²) in [6.45, 7) is 0. The van der Waals surface area contributed by atoms with E-state index in [1.54, 1.807) is 0 Å². The summed E-state index contributed by atoms with van der Waals surface area (Å²) in [6.07, 6.45) is 7.76. The SMILES string of the molecule is c1ccc2c(c#1)nc(-c1ccc3cc(-c4ccc5cc(C6=Cc7ccccc7C=CC6)ccc5c4)ccc3c1)n1c3ccccc3nc21. The van der Waals surface area contributed by atoms with Crippen LogP contribution in [0.5, 0.6) is 0 Å². The molecule has 0 spiro atoms. The van der Waals surface area contributed by atoms with Gasteiger partial charge in [0.05, 0.1) is 16.4 Å². The molecule has 1 aliphatic carbocycles. The minimum Gasteiger partial charge on any atom is -0.276 e. The van der Waals surface area contributed by atoms with E-state index in [2.05, 4.69) is 150 Å². The van der Waals surface area contributed by atoms with Crippen LogP contribution >= 0.6 is 0 Å². The molecule has 0 radical (unpaired) electrons. The summed E-state index contributed by atoms with van der Waals surface area (Å²) < 4.78 is 2.17. The van der Waals surface area contributed by atoms with Crippen molar-refractivity contribution >= 4 is 66.9 Å². The molecule has 0 saturated heterocycles. The molecule has 0 N–H and O–H groups in total. The number of aromatic nitrogens is 3. The molecule has 0 amide bonds. The number of hydrogen-bond donors (Lipinski definition) is 0. The zero-order valence-corrected chi connectivity index (χ0v) is 26.0. The molecule has 9 aromatic rings. The van der Waals surface area contributed by atoms with Gasteiger partial charge in [-0.25, -0.2) is 9.97 Å². The Bertz CT molecular complexity index is 2820. The third-order valence-corrected chi connectivity index (χ3v) is 9.61. The van der Waals surface area contributed by atoms with E-state index in [1.165, 1.54) is 49.5 Å². The van der Waals surface area contributed by atoms with Gasteiger partial charge >= 0.3 is 0 Å². The first-order valence-electron chi connectivity index (χ1n) is 16.3. The lowest BCUT2D eigenvalue weighted by Gasteiger charge is -2.11. The van der Waals surface area contributed by atoms with Crippen LogP contribution in [-0.2, 0) is 0 Å². The van der Waals surface area contributed by atoms with E-state index in [4.69, 9.17) is 9.97 Å². The van der Waals surface area contributed by atoms with E-state index in [0.717, 1.165) is 50.8 Å². The molecule has 10 rings (SSSR count). The Morgan fingerprint density at radius 3 is 2.02 bits per heavy atom. The molecule has 0 saturated carbocycles. The highest BCUT2D eigenvalue weighted by molar-refractivity contribution is 5.99. The van der Waals surface area contributed by atoms with E-state index in [0.29, 0.717) is 0 Å². The van der Waals surface area contributed by atoms with Crippen molar-refractivity contribution in [2.75, 3.05) is 0 Å². The third kappa shape index (κ3) is 4.31.